The molecule has 0 saturated carbocycles. The van der Waals surface area contributed by atoms with Gasteiger partial charge in [-0.05, 0) is 24.1 Å². The first kappa shape index (κ1) is 14.8. The van der Waals surface area contributed by atoms with Gasteiger partial charge in [-0.1, -0.05) is 25.8 Å². The first-order valence-electron chi connectivity index (χ1n) is 5.90. The number of hydrogen-bond acceptors (Lipinski definition) is 2. The lowest BCUT2D eigenvalue weighted by Gasteiger charge is -2.19. The molecule has 0 aliphatic carbocycles. The number of alkyl halides is 3. The topological polar surface area (TPSA) is 35.2 Å². The minimum Gasteiger partial charge on any atom is -0.497 e. The fourth-order valence-corrected chi connectivity index (χ4v) is 1.81. The number of nitrogens with two attached hydrogens (primary N) is 1. The van der Waals surface area contributed by atoms with Gasteiger partial charge in [0.25, 0.3) is 0 Å². The maximum absolute atomic E-state index is 12.9. The summed E-state index contributed by atoms with van der Waals surface area (Å²) in [5.74, 6) is 0.189. The van der Waals surface area contributed by atoms with Crippen LogP contribution in [0.5, 0.6) is 5.75 Å². The molecule has 18 heavy (non-hydrogen) atoms. The van der Waals surface area contributed by atoms with Crippen LogP contribution < -0.4 is 10.5 Å². The van der Waals surface area contributed by atoms with Crippen LogP contribution in [0.4, 0.5) is 13.2 Å². The predicted molar refractivity (Wildman–Crippen MR) is 64.4 cm³/mol. The Bertz CT molecular complexity index is 390. The highest BCUT2D eigenvalue weighted by Crippen LogP contribution is 2.37. The van der Waals surface area contributed by atoms with E-state index in [0.29, 0.717) is 6.42 Å². The second-order valence-corrected chi connectivity index (χ2v) is 4.20. The number of unbranched alkanes of at least 4 members (excludes halogenated alkanes) is 1. The summed E-state index contributed by atoms with van der Waals surface area (Å²) in [5, 5.41) is 0. The van der Waals surface area contributed by atoms with Gasteiger partial charge in [0.2, 0.25) is 0 Å². The highest BCUT2D eigenvalue weighted by molar-refractivity contribution is 5.39. The van der Waals surface area contributed by atoms with Gasteiger partial charge in [0.15, 0.2) is 0 Å². The van der Waals surface area contributed by atoms with Gasteiger partial charge < -0.3 is 10.5 Å². The fourth-order valence-electron chi connectivity index (χ4n) is 1.81. The third-order valence-corrected chi connectivity index (χ3v) is 2.83. The Morgan fingerprint density at radius 1 is 1.33 bits per heavy atom. The van der Waals surface area contributed by atoms with E-state index in [2.05, 4.69) is 0 Å². The normalized spacial score (nSPS) is 13.4. The largest absolute Gasteiger partial charge is 0.497 e. The molecule has 0 heterocycles. The van der Waals surface area contributed by atoms with Gasteiger partial charge >= 0.3 is 6.18 Å². The minimum absolute atomic E-state index is 0.136. The van der Waals surface area contributed by atoms with Crippen molar-refractivity contribution in [2.45, 2.75) is 38.4 Å². The average Bonchev–Trinajstić information content (AvgIpc) is 2.34. The minimum atomic E-state index is -4.41. The van der Waals surface area contributed by atoms with Gasteiger partial charge in [-0.3, -0.25) is 0 Å². The molecule has 5 heteroatoms. The van der Waals surface area contributed by atoms with Gasteiger partial charge in [-0.25, -0.2) is 0 Å². The van der Waals surface area contributed by atoms with Crippen molar-refractivity contribution >= 4 is 0 Å². The molecule has 0 radical (unpaired) electrons. The van der Waals surface area contributed by atoms with E-state index in [4.69, 9.17) is 10.5 Å². The number of rotatable bonds is 5. The Balaban J connectivity index is 3.10. The van der Waals surface area contributed by atoms with Crippen molar-refractivity contribution in [2.75, 3.05) is 7.11 Å². The van der Waals surface area contributed by atoms with Gasteiger partial charge in [-0.15, -0.1) is 0 Å². The SMILES string of the molecule is CCCC[C@@H](N)c1ccc(OC)cc1C(F)(F)F. The van der Waals surface area contributed by atoms with Crippen LogP contribution >= 0.6 is 0 Å². The van der Waals surface area contributed by atoms with Crippen molar-refractivity contribution in [1.29, 1.82) is 0 Å². The standard InChI is InChI=1S/C13H18F3NO/c1-3-4-5-12(17)10-7-6-9(18-2)8-11(10)13(14,15)16/h6-8,12H,3-5,17H2,1-2H3/t12-/m1/s1. The van der Waals surface area contributed by atoms with E-state index in [1.54, 1.807) is 0 Å². The van der Waals surface area contributed by atoms with E-state index in [1.165, 1.54) is 19.2 Å². The molecule has 0 saturated heterocycles. The monoisotopic (exact) mass is 261 g/mol. The first-order chi connectivity index (χ1) is 8.40. The van der Waals surface area contributed by atoms with Crippen LogP contribution in [0.2, 0.25) is 0 Å². The smallest absolute Gasteiger partial charge is 0.416 e. The molecule has 0 spiro atoms. The number of hydrogen-bond donors (Lipinski definition) is 1. The Morgan fingerprint density at radius 3 is 2.50 bits per heavy atom. The Labute approximate surface area is 105 Å². The molecule has 102 valence electrons. The lowest BCUT2D eigenvalue weighted by Crippen LogP contribution is -2.17. The van der Waals surface area contributed by atoms with Crippen molar-refractivity contribution in [3.05, 3.63) is 29.3 Å². The third kappa shape index (κ3) is 3.63. The highest BCUT2D eigenvalue weighted by Gasteiger charge is 2.35. The predicted octanol–water partition coefficient (Wildman–Crippen LogP) is 3.90. The molecule has 2 N–H and O–H groups in total. The maximum Gasteiger partial charge on any atom is 0.416 e. The van der Waals surface area contributed by atoms with Crippen molar-refractivity contribution in [3.8, 4) is 5.75 Å². The highest BCUT2D eigenvalue weighted by atomic mass is 19.4. The van der Waals surface area contributed by atoms with Gasteiger partial charge in [0.1, 0.15) is 5.75 Å². The van der Waals surface area contributed by atoms with E-state index < -0.39 is 17.8 Å². The van der Waals surface area contributed by atoms with E-state index in [0.717, 1.165) is 18.9 Å². The lowest BCUT2D eigenvalue weighted by molar-refractivity contribution is -0.138. The molecule has 1 aromatic rings. The summed E-state index contributed by atoms with van der Waals surface area (Å²) in [6.45, 7) is 1.98. The van der Waals surface area contributed by atoms with Crippen molar-refractivity contribution < 1.29 is 17.9 Å². The van der Waals surface area contributed by atoms with E-state index >= 15 is 0 Å². The molecule has 1 aromatic carbocycles. The molecule has 2 nitrogen and oxygen atoms in total. The Kier molecular flexibility index (Phi) is 5.02. The zero-order valence-electron chi connectivity index (χ0n) is 10.6. The maximum atomic E-state index is 12.9. The summed E-state index contributed by atoms with van der Waals surface area (Å²) in [6.07, 6.45) is -2.14. The van der Waals surface area contributed by atoms with Crippen LogP contribution in [-0.2, 0) is 6.18 Å². The van der Waals surface area contributed by atoms with Crippen LogP contribution in [0.1, 0.15) is 43.4 Å². The van der Waals surface area contributed by atoms with E-state index in [9.17, 15) is 13.2 Å². The van der Waals surface area contributed by atoms with Gasteiger partial charge in [0, 0.05) is 6.04 Å². The van der Waals surface area contributed by atoms with Crippen LogP contribution in [0.25, 0.3) is 0 Å². The molecular formula is C13H18F3NO. The summed E-state index contributed by atoms with van der Waals surface area (Å²) in [5.41, 5.74) is 5.26. The van der Waals surface area contributed by atoms with E-state index in [-0.39, 0.29) is 11.3 Å². The Morgan fingerprint density at radius 2 is 2.00 bits per heavy atom. The summed E-state index contributed by atoms with van der Waals surface area (Å²) < 4.78 is 43.6. The van der Waals surface area contributed by atoms with Gasteiger partial charge in [-0.2, -0.15) is 13.2 Å². The molecule has 0 aliphatic heterocycles. The summed E-state index contributed by atoms with van der Waals surface area (Å²) in [4.78, 5) is 0. The molecule has 1 atom stereocenters. The second-order valence-electron chi connectivity index (χ2n) is 4.20. The van der Waals surface area contributed by atoms with Crippen molar-refractivity contribution in [1.82, 2.24) is 0 Å². The molecule has 0 fully saturated rings. The second kappa shape index (κ2) is 6.09. The zero-order chi connectivity index (χ0) is 13.8. The van der Waals surface area contributed by atoms with Crippen LogP contribution in [-0.4, -0.2) is 7.11 Å². The molecule has 0 aliphatic rings. The average molecular weight is 261 g/mol. The summed E-state index contributed by atoms with van der Waals surface area (Å²) in [7, 11) is 1.34. The number of methoxy groups -OCH3 is 1. The summed E-state index contributed by atoms with van der Waals surface area (Å²) >= 11 is 0. The molecule has 1 rings (SSSR count). The quantitative estimate of drug-likeness (QED) is 0.872. The van der Waals surface area contributed by atoms with Crippen LogP contribution in [0.15, 0.2) is 18.2 Å². The third-order valence-electron chi connectivity index (χ3n) is 2.83. The van der Waals surface area contributed by atoms with Crippen LogP contribution in [0.3, 0.4) is 0 Å². The zero-order valence-corrected chi connectivity index (χ0v) is 10.6. The lowest BCUT2D eigenvalue weighted by atomic mass is 9.96. The molecule has 0 amide bonds. The molecule has 0 unspecified atom stereocenters. The summed E-state index contributed by atoms with van der Waals surface area (Å²) in [6, 6.07) is 3.33. The fraction of sp³-hybridized carbons (Fsp3) is 0.538. The number of ether oxygens (including phenoxy) is 1. The number of benzene rings is 1. The van der Waals surface area contributed by atoms with Crippen molar-refractivity contribution in [3.63, 3.8) is 0 Å². The number of halogens is 3. The molecule has 0 aromatic heterocycles. The Hall–Kier alpha value is -1.23. The first-order valence-corrected chi connectivity index (χ1v) is 5.90. The molecule has 0 bridgehead atoms. The van der Waals surface area contributed by atoms with E-state index in [1.807, 2.05) is 6.92 Å². The van der Waals surface area contributed by atoms with Gasteiger partial charge in [0.05, 0.1) is 12.7 Å². The van der Waals surface area contributed by atoms with Crippen molar-refractivity contribution in [2.24, 2.45) is 5.73 Å². The molecular weight excluding hydrogens is 243 g/mol. The van der Waals surface area contributed by atoms with Crippen LogP contribution in [0, 0.1) is 0 Å².